The Labute approximate surface area is 64.1 Å². The molecule has 1 radical (unpaired) electrons. The maximum absolute atomic E-state index is 5.70. The van der Waals surface area contributed by atoms with Crippen LogP contribution in [0.1, 0.15) is 0 Å². The molecule has 1 heterocycles. The van der Waals surface area contributed by atoms with E-state index >= 15 is 0 Å². The van der Waals surface area contributed by atoms with Crippen LogP contribution in [0.15, 0.2) is 24.3 Å². The normalized spacial score (nSPS) is 14.7. The molecule has 1 aliphatic rings. The first-order valence-electron chi connectivity index (χ1n) is 2.92. The Bertz CT molecular complexity index is 251. The Morgan fingerprint density at radius 1 is 1.30 bits per heavy atom. The van der Waals surface area contributed by atoms with E-state index in [4.69, 9.17) is 16.5 Å². The molecule has 1 aromatic rings. The molecule has 0 spiro atoms. The lowest BCUT2D eigenvalue weighted by Crippen LogP contribution is -1.99. The van der Waals surface area contributed by atoms with E-state index < -0.39 is 0 Å². The molecule has 0 bridgehead atoms. The van der Waals surface area contributed by atoms with Crippen molar-refractivity contribution < 1.29 is 4.74 Å². The second kappa shape index (κ2) is 2.06. The Balaban J connectivity index is 2.51. The van der Waals surface area contributed by atoms with Crippen LogP contribution in [0, 0.1) is 6.73 Å². The number of halogens is 1. The van der Waals surface area contributed by atoms with Crippen molar-refractivity contribution in [3.63, 3.8) is 0 Å². The van der Waals surface area contributed by atoms with E-state index in [-0.39, 0.29) is 0 Å². The first kappa shape index (κ1) is 5.86. The molecule has 0 atom stereocenters. The molecule has 0 amide bonds. The van der Waals surface area contributed by atoms with Gasteiger partial charge in [-0.25, -0.2) is 4.42 Å². The van der Waals surface area contributed by atoms with Crippen molar-refractivity contribution in [1.29, 1.82) is 0 Å². The molecule has 1 aliphatic heterocycles. The average molecular weight is 155 g/mol. The van der Waals surface area contributed by atoms with Gasteiger partial charge >= 0.3 is 0 Å². The summed E-state index contributed by atoms with van der Waals surface area (Å²) in [7, 11) is 0. The van der Waals surface area contributed by atoms with Gasteiger partial charge in [-0.3, -0.25) is 0 Å². The predicted molar refractivity (Wildman–Crippen MR) is 39.7 cm³/mol. The van der Waals surface area contributed by atoms with E-state index in [9.17, 15) is 0 Å². The fourth-order valence-corrected chi connectivity index (χ4v) is 1.07. The number of benzene rings is 1. The molecule has 0 aromatic heterocycles. The number of ether oxygens (including phenoxy) is 1. The molecule has 2 rings (SSSR count). The molecule has 10 heavy (non-hydrogen) atoms. The van der Waals surface area contributed by atoms with Gasteiger partial charge < -0.3 is 4.74 Å². The van der Waals surface area contributed by atoms with Crippen LogP contribution in [0.25, 0.3) is 0 Å². The van der Waals surface area contributed by atoms with Gasteiger partial charge in [0.05, 0.1) is 5.69 Å². The summed E-state index contributed by atoms with van der Waals surface area (Å²) in [5, 5.41) is 0. The van der Waals surface area contributed by atoms with Crippen LogP contribution in [-0.4, -0.2) is 0 Å². The van der Waals surface area contributed by atoms with Gasteiger partial charge in [0.25, 0.3) is 0 Å². The Hall–Kier alpha value is -0.890. The van der Waals surface area contributed by atoms with Crippen molar-refractivity contribution in [3.05, 3.63) is 31.0 Å². The third kappa shape index (κ3) is 0.727. The van der Waals surface area contributed by atoms with E-state index in [0.717, 1.165) is 11.4 Å². The maximum atomic E-state index is 5.70. The van der Waals surface area contributed by atoms with Gasteiger partial charge in [0.15, 0.2) is 0 Å². The summed E-state index contributed by atoms with van der Waals surface area (Å²) in [6.07, 6.45) is 0. The van der Waals surface area contributed by atoms with Gasteiger partial charge in [-0.1, -0.05) is 12.1 Å². The van der Waals surface area contributed by atoms with Gasteiger partial charge in [-0.15, -0.1) is 0 Å². The highest BCUT2D eigenvalue weighted by atomic mass is 35.5. The molecular weight excluding hydrogens is 150 g/mol. The van der Waals surface area contributed by atoms with E-state index in [1.165, 1.54) is 11.1 Å². The summed E-state index contributed by atoms with van der Waals surface area (Å²) in [6.45, 7) is 1.46. The molecule has 0 N–H and O–H groups in total. The summed E-state index contributed by atoms with van der Waals surface area (Å²) >= 11 is 5.70. The molecule has 3 heteroatoms. The van der Waals surface area contributed by atoms with Gasteiger partial charge in [0.1, 0.15) is 5.75 Å². The number of hydrogen-bond donors (Lipinski definition) is 0. The highest BCUT2D eigenvalue weighted by Gasteiger charge is 2.17. The third-order valence-electron chi connectivity index (χ3n) is 1.37. The number of rotatable bonds is 0. The third-order valence-corrected chi connectivity index (χ3v) is 1.63. The van der Waals surface area contributed by atoms with Crippen LogP contribution < -0.4 is 9.16 Å². The monoisotopic (exact) mass is 154 g/mol. The minimum absolute atomic E-state index is 0.803. The smallest absolute Gasteiger partial charge is 0.243 e. The van der Waals surface area contributed by atoms with Crippen LogP contribution >= 0.6 is 11.8 Å². The van der Waals surface area contributed by atoms with E-state index in [1.807, 2.05) is 24.3 Å². The lowest BCUT2D eigenvalue weighted by Gasteiger charge is -2.00. The lowest BCUT2D eigenvalue weighted by atomic mass is 10.3. The van der Waals surface area contributed by atoms with Gasteiger partial charge in [0.2, 0.25) is 6.73 Å². The van der Waals surface area contributed by atoms with Crippen molar-refractivity contribution >= 4 is 17.5 Å². The largest absolute Gasteiger partial charge is 0.461 e. The lowest BCUT2D eigenvalue weighted by molar-refractivity contribution is 0.439. The first-order chi connectivity index (χ1) is 4.88. The highest BCUT2D eigenvalue weighted by molar-refractivity contribution is 6.27. The predicted octanol–water partition coefficient (Wildman–Crippen LogP) is 2.16. The Kier molecular flexibility index (Phi) is 1.21. The topological polar surface area (TPSA) is 12.5 Å². The summed E-state index contributed by atoms with van der Waals surface area (Å²) in [4.78, 5) is 0. The molecule has 0 aliphatic carbocycles. The highest BCUT2D eigenvalue weighted by Crippen LogP contribution is 2.35. The van der Waals surface area contributed by atoms with E-state index in [2.05, 4.69) is 0 Å². The molecule has 0 saturated heterocycles. The zero-order valence-electron chi connectivity index (χ0n) is 5.12. The fourth-order valence-electron chi connectivity index (χ4n) is 0.893. The summed E-state index contributed by atoms with van der Waals surface area (Å²) in [5.41, 5.74) is 0.893. The fraction of sp³-hybridized carbons (Fsp3) is 0. The number of anilines is 1. The van der Waals surface area contributed by atoms with Crippen molar-refractivity contribution in [2.45, 2.75) is 0 Å². The molecule has 1 aromatic carbocycles. The number of para-hydroxylation sites is 2. The minimum Gasteiger partial charge on any atom is -0.461 e. The van der Waals surface area contributed by atoms with Crippen LogP contribution in [0.2, 0.25) is 0 Å². The number of fused-ring (bicyclic) bond motifs is 1. The second-order valence-corrected chi connectivity index (χ2v) is 2.37. The van der Waals surface area contributed by atoms with E-state index in [0.29, 0.717) is 0 Å². The summed E-state index contributed by atoms with van der Waals surface area (Å²) in [6, 6.07) is 7.58. The molecule has 0 fully saturated rings. The van der Waals surface area contributed by atoms with Crippen molar-refractivity contribution in [2.75, 3.05) is 4.42 Å². The van der Waals surface area contributed by atoms with Gasteiger partial charge in [-0.05, 0) is 12.1 Å². The SMILES string of the molecule is ClN1[CH]Oc2ccccc21. The van der Waals surface area contributed by atoms with Crippen LogP contribution in [0.4, 0.5) is 5.69 Å². The second-order valence-electron chi connectivity index (χ2n) is 2.00. The molecular formula is C7H5ClNO. The summed E-state index contributed by atoms with van der Waals surface area (Å²) in [5.74, 6) is 0.803. The van der Waals surface area contributed by atoms with Crippen LogP contribution in [-0.2, 0) is 0 Å². The minimum atomic E-state index is 0.803. The standard InChI is InChI=1S/C7H5ClNO/c8-9-5-10-7-4-2-1-3-6(7)9/h1-5H. The quantitative estimate of drug-likeness (QED) is 0.531. The van der Waals surface area contributed by atoms with Crippen molar-refractivity contribution in [1.82, 2.24) is 0 Å². The molecule has 2 nitrogen and oxygen atoms in total. The van der Waals surface area contributed by atoms with Crippen LogP contribution in [0.3, 0.4) is 0 Å². The Morgan fingerprint density at radius 2 is 2.10 bits per heavy atom. The molecule has 51 valence electrons. The first-order valence-corrected chi connectivity index (χ1v) is 3.26. The Morgan fingerprint density at radius 3 is 2.90 bits per heavy atom. The maximum Gasteiger partial charge on any atom is 0.243 e. The van der Waals surface area contributed by atoms with Crippen LogP contribution in [0.5, 0.6) is 5.75 Å². The van der Waals surface area contributed by atoms with Gasteiger partial charge in [-0.2, -0.15) is 0 Å². The zero-order valence-corrected chi connectivity index (χ0v) is 5.88. The van der Waals surface area contributed by atoms with Crippen molar-refractivity contribution in [2.24, 2.45) is 0 Å². The molecule has 0 unspecified atom stereocenters. The molecule has 0 saturated carbocycles. The number of hydrogen-bond acceptors (Lipinski definition) is 2. The zero-order chi connectivity index (χ0) is 6.97. The number of nitrogens with zero attached hydrogens (tertiary/aromatic N) is 1. The summed E-state index contributed by atoms with van der Waals surface area (Å²) < 4.78 is 6.51. The average Bonchev–Trinajstić information content (AvgIpc) is 2.34. The van der Waals surface area contributed by atoms with E-state index in [1.54, 1.807) is 0 Å². The van der Waals surface area contributed by atoms with Crippen molar-refractivity contribution in [3.8, 4) is 5.75 Å². The van der Waals surface area contributed by atoms with Gasteiger partial charge in [0, 0.05) is 11.8 Å².